The van der Waals surface area contributed by atoms with E-state index in [9.17, 15) is 4.79 Å². The number of rotatable bonds is 4. The third-order valence-electron chi connectivity index (χ3n) is 2.24. The standard InChI is InChI=1S/C10H13NO4/c1-15-8-4-2-7(3-5-8)10(11,6-12)9(13)14/h2-5,12H,6,11H2,1H3,(H,13,14)/t10-/m1/s1. The van der Waals surface area contributed by atoms with Crippen LogP contribution in [0.5, 0.6) is 5.75 Å². The molecule has 0 radical (unpaired) electrons. The lowest BCUT2D eigenvalue weighted by Gasteiger charge is -2.22. The van der Waals surface area contributed by atoms with Crippen LogP contribution in [0.25, 0.3) is 0 Å². The minimum atomic E-state index is -1.76. The molecule has 1 aromatic rings. The molecule has 0 aromatic heterocycles. The molecule has 0 aliphatic rings. The lowest BCUT2D eigenvalue weighted by atomic mass is 9.92. The molecule has 0 saturated carbocycles. The first kappa shape index (κ1) is 11.5. The summed E-state index contributed by atoms with van der Waals surface area (Å²) in [6, 6.07) is 6.22. The SMILES string of the molecule is COc1ccc([C@](N)(CO)C(=O)O)cc1. The van der Waals surface area contributed by atoms with Crippen LogP contribution in [0.1, 0.15) is 5.56 Å². The third-order valence-corrected chi connectivity index (χ3v) is 2.24. The zero-order valence-electron chi connectivity index (χ0n) is 8.30. The molecule has 0 saturated heterocycles. The molecular formula is C10H13NO4. The van der Waals surface area contributed by atoms with Crippen molar-refractivity contribution in [2.75, 3.05) is 13.7 Å². The van der Waals surface area contributed by atoms with Gasteiger partial charge in [-0.15, -0.1) is 0 Å². The van der Waals surface area contributed by atoms with Gasteiger partial charge in [0.25, 0.3) is 0 Å². The van der Waals surface area contributed by atoms with E-state index in [0.29, 0.717) is 11.3 Å². The molecule has 15 heavy (non-hydrogen) atoms. The number of ether oxygens (including phenoxy) is 1. The number of hydrogen-bond acceptors (Lipinski definition) is 4. The Balaban J connectivity index is 3.08. The van der Waals surface area contributed by atoms with Gasteiger partial charge in [0.2, 0.25) is 0 Å². The van der Waals surface area contributed by atoms with Crippen LogP contribution < -0.4 is 10.5 Å². The monoisotopic (exact) mass is 211 g/mol. The molecule has 5 nitrogen and oxygen atoms in total. The van der Waals surface area contributed by atoms with Gasteiger partial charge in [-0.1, -0.05) is 12.1 Å². The van der Waals surface area contributed by atoms with Gasteiger partial charge in [-0.3, -0.25) is 0 Å². The van der Waals surface area contributed by atoms with Gasteiger partial charge in [0, 0.05) is 0 Å². The topological polar surface area (TPSA) is 92.8 Å². The highest BCUT2D eigenvalue weighted by molar-refractivity contribution is 5.80. The number of benzene rings is 1. The van der Waals surface area contributed by atoms with E-state index in [1.165, 1.54) is 19.2 Å². The molecule has 82 valence electrons. The molecule has 0 spiro atoms. The van der Waals surface area contributed by atoms with Crippen LogP contribution in [-0.4, -0.2) is 29.9 Å². The van der Waals surface area contributed by atoms with Crippen molar-refractivity contribution in [2.45, 2.75) is 5.54 Å². The van der Waals surface area contributed by atoms with Crippen LogP contribution in [0.2, 0.25) is 0 Å². The summed E-state index contributed by atoms with van der Waals surface area (Å²) in [5.74, 6) is -0.667. The van der Waals surface area contributed by atoms with E-state index in [4.69, 9.17) is 20.7 Å². The van der Waals surface area contributed by atoms with Gasteiger partial charge in [0.1, 0.15) is 5.75 Å². The van der Waals surface area contributed by atoms with Gasteiger partial charge in [-0.25, -0.2) is 4.79 Å². The van der Waals surface area contributed by atoms with Crippen LogP contribution in [0.15, 0.2) is 24.3 Å². The number of nitrogens with two attached hydrogens (primary N) is 1. The average Bonchev–Trinajstić information content (AvgIpc) is 2.28. The van der Waals surface area contributed by atoms with Crippen LogP contribution in [0.3, 0.4) is 0 Å². The number of aliphatic hydroxyl groups excluding tert-OH is 1. The summed E-state index contributed by atoms with van der Waals surface area (Å²) in [7, 11) is 1.51. The fourth-order valence-electron chi connectivity index (χ4n) is 1.17. The molecule has 1 rings (SSSR count). The Morgan fingerprint density at radius 1 is 1.47 bits per heavy atom. The van der Waals surface area contributed by atoms with Crippen molar-refractivity contribution in [3.63, 3.8) is 0 Å². The summed E-state index contributed by atoms with van der Waals surface area (Å²) < 4.78 is 4.93. The van der Waals surface area contributed by atoms with Crippen molar-refractivity contribution >= 4 is 5.97 Å². The molecule has 0 unspecified atom stereocenters. The number of carbonyl (C=O) groups is 1. The number of carboxylic acids is 1. The first-order valence-corrected chi connectivity index (χ1v) is 4.32. The summed E-state index contributed by atoms with van der Waals surface area (Å²) in [6.45, 7) is -0.658. The molecule has 0 aliphatic carbocycles. The normalized spacial score (nSPS) is 14.3. The van der Waals surface area contributed by atoms with Gasteiger partial charge in [-0.05, 0) is 17.7 Å². The lowest BCUT2D eigenvalue weighted by molar-refractivity contribution is -0.145. The quantitative estimate of drug-likeness (QED) is 0.648. The highest BCUT2D eigenvalue weighted by Gasteiger charge is 2.35. The molecule has 0 bridgehead atoms. The summed E-state index contributed by atoms with van der Waals surface area (Å²) in [6.07, 6.45) is 0. The second-order valence-corrected chi connectivity index (χ2v) is 3.16. The maximum Gasteiger partial charge on any atom is 0.330 e. The number of hydrogen-bond donors (Lipinski definition) is 3. The van der Waals surface area contributed by atoms with E-state index in [1.807, 2.05) is 0 Å². The minimum absolute atomic E-state index is 0.332. The summed E-state index contributed by atoms with van der Waals surface area (Å²) >= 11 is 0. The zero-order chi connectivity index (χ0) is 11.5. The molecule has 5 heteroatoms. The lowest BCUT2D eigenvalue weighted by Crippen LogP contribution is -2.48. The molecule has 1 atom stereocenters. The second kappa shape index (κ2) is 4.29. The first-order chi connectivity index (χ1) is 7.04. The first-order valence-electron chi connectivity index (χ1n) is 4.32. The molecule has 0 fully saturated rings. The van der Waals surface area contributed by atoms with E-state index in [0.717, 1.165) is 0 Å². The minimum Gasteiger partial charge on any atom is -0.497 e. The number of methoxy groups -OCH3 is 1. The van der Waals surface area contributed by atoms with E-state index >= 15 is 0 Å². The van der Waals surface area contributed by atoms with E-state index in [2.05, 4.69) is 0 Å². The Bertz CT molecular complexity index is 349. The van der Waals surface area contributed by atoms with Gasteiger partial charge >= 0.3 is 5.97 Å². The number of carboxylic acid groups (broad SMARTS) is 1. The Kier molecular flexibility index (Phi) is 3.28. The Labute approximate surface area is 87.1 Å². The maximum absolute atomic E-state index is 10.9. The third kappa shape index (κ3) is 2.08. The predicted octanol–water partition coefficient (Wildman–Crippen LogP) is -0.0739. The van der Waals surface area contributed by atoms with Gasteiger partial charge < -0.3 is 20.7 Å². The van der Waals surface area contributed by atoms with Gasteiger partial charge in [0.15, 0.2) is 5.54 Å². The molecule has 4 N–H and O–H groups in total. The maximum atomic E-state index is 10.9. The fraction of sp³-hybridized carbons (Fsp3) is 0.300. The van der Waals surface area contributed by atoms with E-state index in [1.54, 1.807) is 12.1 Å². The van der Waals surface area contributed by atoms with E-state index < -0.39 is 18.1 Å². The summed E-state index contributed by atoms with van der Waals surface area (Å²) in [5, 5.41) is 17.9. The fourth-order valence-corrected chi connectivity index (χ4v) is 1.17. The largest absolute Gasteiger partial charge is 0.497 e. The summed E-state index contributed by atoms with van der Waals surface area (Å²) in [5.41, 5.74) is 4.14. The molecule has 1 aromatic carbocycles. The highest BCUT2D eigenvalue weighted by Crippen LogP contribution is 2.21. The molecule has 0 heterocycles. The highest BCUT2D eigenvalue weighted by atomic mass is 16.5. The summed E-state index contributed by atoms with van der Waals surface area (Å²) in [4.78, 5) is 10.9. The molecule has 0 amide bonds. The van der Waals surface area contributed by atoms with Crippen molar-refractivity contribution in [2.24, 2.45) is 5.73 Å². The number of aliphatic hydroxyl groups is 1. The smallest absolute Gasteiger partial charge is 0.330 e. The van der Waals surface area contributed by atoms with Crippen molar-refractivity contribution in [1.29, 1.82) is 0 Å². The van der Waals surface area contributed by atoms with Gasteiger partial charge in [0.05, 0.1) is 13.7 Å². The van der Waals surface area contributed by atoms with Crippen molar-refractivity contribution in [3.8, 4) is 5.75 Å². The van der Waals surface area contributed by atoms with E-state index in [-0.39, 0.29) is 0 Å². The molecule has 0 aliphatic heterocycles. The Morgan fingerprint density at radius 3 is 2.33 bits per heavy atom. The molecular weight excluding hydrogens is 198 g/mol. The predicted molar refractivity (Wildman–Crippen MR) is 53.6 cm³/mol. The van der Waals surface area contributed by atoms with Gasteiger partial charge in [-0.2, -0.15) is 0 Å². The average molecular weight is 211 g/mol. The zero-order valence-corrected chi connectivity index (χ0v) is 8.30. The second-order valence-electron chi connectivity index (χ2n) is 3.16. The van der Waals surface area contributed by atoms with Crippen LogP contribution >= 0.6 is 0 Å². The van der Waals surface area contributed by atoms with Crippen LogP contribution in [-0.2, 0) is 10.3 Å². The Hall–Kier alpha value is -1.59. The number of aliphatic carboxylic acids is 1. The Morgan fingerprint density at radius 2 is 2.00 bits per heavy atom. The van der Waals surface area contributed by atoms with Crippen LogP contribution in [0, 0.1) is 0 Å². The van der Waals surface area contributed by atoms with Crippen molar-refractivity contribution in [1.82, 2.24) is 0 Å². The van der Waals surface area contributed by atoms with Crippen molar-refractivity contribution < 1.29 is 19.7 Å². The van der Waals surface area contributed by atoms with Crippen LogP contribution in [0.4, 0.5) is 0 Å². The van der Waals surface area contributed by atoms with Crippen molar-refractivity contribution in [3.05, 3.63) is 29.8 Å².